The zero-order valence-electron chi connectivity index (χ0n) is 10.9. The fourth-order valence-corrected chi connectivity index (χ4v) is 2.93. The molecular weight excluding hydrogens is 300 g/mol. The van der Waals surface area contributed by atoms with Gasteiger partial charge in [0.2, 0.25) is 10.0 Å². The summed E-state index contributed by atoms with van der Waals surface area (Å²) in [5, 5.41) is 9.87. The molecule has 0 bridgehead atoms. The van der Waals surface area contributed by atoms with Crippen molar-refractivity contribution in [3.8, 4) is 0 Å². The quantitative estimate of drug-likeness (QED) is 0.749. The molecule has 0 saturated heterocycles. The van der Waals surface area contributed by atoms with Crippen molar-refractivity contribution in [3.63, 3.8) is 0 Å². The van der Waals surface area contributed by atoms with Gasteiger partial charge in [0.25, 0.3) is 0 Å². The van der Waals surface area contributed by atoms with Crippen LogP contribution in [0.1, 0.15) is 11.1 Å². The number of aromatic amines is 1. The number of halogens is 1. The maximum atomic E-state index is 12.2. The van der Waals surface area contributed by atoms with Crippen LogP contribution in [-0.2, 0) is 23.1 Å². The lowest BCUT2D eigenvalue weighted by atomic mass is 10.2. The van der Waals surface area contributed by atoms with E-state index in [1.165, 1.54) is 6.07 Å². The van der Waals surface area contributed by atoms with Crippen LogP contribution in [0.25, 0.3) is 0 Å². The Hall–Kier alpha value is -1.41. The molecule has 0 unspecified atom stereocenters. The van der Waals surface area contributed by atoms with Crippen molar-refractivity contribution >= 4 is 21.6 Å². The van der Waals surface area contributed by atoms with Gasteiger partial charge in [0.1, 0.15) is 0 Å². The van der Waals surface area contributed by atoms with Gasteiger partial charge in [-0.15, -0.1) is 0 Å². The van der Waals surface area contributed by atoms with Gasteiger partial charge in [-0.3, -0.25) is 5.10 Å². The summed E-state index contributed by atoms with van der Waals surface area (Å²) in [6, 6.07) is 4.64. The summed E-state index contributed by atoms with van der Waals surface area (Å²) >= 11 is 6.02. The van der Waals surface area contributed by atoms with Gasteiger partial charge in [-0.2, -0.15) is 5.10 Å². The van der Waals surface area contributed by atoms with Gasteiger partial charge in [-0.05, 0) is 30.8 Å². The number of rotatable bonds is 6. The fourth-order valence-electron chi connectivity index (χ4n) is 1.68. The third-order valence-corrected chi connectivity index (χ3v) is 4.48. The topological polar surface area (TPSA) is 86.9 Å². The number of hydrogen-bond donors (Lipinski definition) is 3. The second kappa shape index (κ2) is 6.36. The highest BCUT2D eigenvalue weighted by atomic mass is 35.5. The smallest absolute Gasteiger partial charge is 0.240 e. The summed E-state index contributed by atoms with van der Waals surface area (Å²) < 4.78 is 26.9. The van der Waals surface area contributed by atoms with Crippen LogP contribution in [0, 0.1) is 0 Å². The minimum atomic E-state index is -3.57. The summed E-state index contributed by atoms with van der Waals surface area (Å²) in [6.07, 6.45) is 3.20. The first-order valence-corrected chi connectivity index (χ1v) is 7.79. The van der Waals surface area contributed by atoms with Gasteiger partial charge in [0.15, 0.2) is 0 Å². The van der Waals surface area contributed by atoms with Crippen molar-refractivity contribution in [2.75, 3.05) is 7.05 Å². The second-order valence-electron chi connectivity index (χ2n) is 4.21. The van der Waals surface area contributed by atoms with Crippen molar-refractivity contribution in [1.29, 1.82) is 0 Å². The maximum absolute atomic E-state index is 12.2. The highest BCUT2D eigenvalue weighted by Gasteiger charge is 2.15. The Morgan fingerprint density at radius 1 is 1.35 bits per heavy atom. The van der Waals surface area contributed by atoms with Crippen molar-refractivity contribution in [3.05, 3.63) is 46.7 Å². The van der Waals surface area contributed by atoms with E-state index in [0.29, 0.717) is 11.6 Å². The van der Waals surface area contributed by atoms with Crippen LogP contribution in [0.3, 0.4) is 0 Å². The molecular formula is C12H15ClN4O2S. The van der Waals surface area contributed by atoms with Gasteiger partial charge >= 0.3 is 0 Å². The van der Waals surface area contributed by atoms with E-state index in [2.05, 4.69) is 20.2 Å². The Morgan fingerprint density at radius 2 is 2.15 bits per heavy atom. The van der Waals surface area contributed by atoms with Crippen molar-refractivity contribution in [2.24, 2.45) is 0 Å². The molecule has 20 heavy (non-hydrogen) atoms. The van der Waals surface area contributed by atoms with Crippen LogP contribution in [0.15, 0.2) is 35.5 Å². The van der Waals surface area contributed by atoms with E-state index in [-0.39, 0.29) is 11.4 Å². The van der Waals surface area contributed by atoms with Crippen molar-refractivity contribution in [2.45, 2.75) is 18.0 Å². The Balaban J connectivity index is 2.18. The molecule has 1 aromatic heterocycles. The van der Waals surface area contributed by atoms with Gasteiger partial charge in [-0.25, -0.2) is 13.1 Å². The summed E-state index contributed by atoms with van der Waals surface area (Å²) in [4.78, 5) is 0.190. The predicted octanol–water partition coefficient (Wildman–Crippen LogP) is 1.26. The average molecular weight is 315 g/mol. The lowest BCUT2D eigenvalue weighted by Gasteiger charge is -2.09. The first kappa shape index (κ1) is 15.0. The Kier molecular flexibility index (Phi) is 4.77. The summed E-state index contributed by atoms with van der Waals surface area (Å²) in [5.74, 6) is 0. The first-order valence-electron chi connectivity index (χ1n) is 5.93. The number of benzene rings is 1. The molecule has 2 aromatic rings. The average Bonchev–Trinajstić information content (AvgIpc) is 2.92. The summed E-state index contributed by atoms with van der Waals surface area (Å²) in [6.45, 7) is 0.687. The van der Waals surface area contributed by atoms with E-state index in [1.54, 1.807) is 31.6 Å². The number of nitrogens with zero attached hydrogens (tertiary/aromatic N) is 1. The number of H-pyrrole nitrogens is 1. The lowest BCUT2D eigenvalue weighted by molar-refractivity contribution is 0.581. The number of aromatic nitrogens is 2. The third kappa shape index (κ3) is 3.57. The third-order valence-electron chi connectivity index (χ3n) is 2.72. The van der Waals surface area contributed by atoms with E-state index < -0.39 is 10.0 Å². The number of hydrogen-bond acceptors (Lipinski definition) is 4. The SMILES string of the molecule is CNCc1cc(S(=O)(=O)NCc2cn[nH]c2)ccc1Cl. The Bertz CT molecular complexity index is 671. The lowest BCUT2D eigenvalue weighted by Crippen LogP contribution is -2.23. The molecule has 0 aliphatic heterocycles. The minimum absolute atomic E-state index is 0.183. The standard InChI is InChI=1S/C12H15ClN4O2S/c1-14-8-10-4-11(2-3-12(10)13)20(18,19)17-7-9-5-15-16-6-9/h2-6,14,17H,7-8H2,1H3,(H,15,16). The molecule has 0 atom stereocenters. The van der Waals surface area contributed by atoms with Gasteiger partial charge in [0.05, 0.1) is 11.1 Å². The predicted molar refractivity (Wildman–Crippen MR) is 76.8 cm³/mol. The Morgan fingerprint density at radius 3 is 2.80 bits per heavy atom. The van der Waals surface area contributed by atoms with E-state index in [1.807, 2.05) is 0 Å². The molecule has 2 rings (SSSR count). The van der Waals surface area contributed by atoms with E-state index in [4.69, 9.17) is 11.6 Å². The first-order chi connectivity index (χ1) is 9.53. The van der Waals surface area contributed by atoms with E-state index in [9.17, 15) is 8.42 Å². The zero-order chi connectivity index (χ0) is 14.6. The maximum Gasteiger partial charge on any atom is 0.240 e. The largest absolute Gasteiger partial charge is 0.316 e. The fraction of sp³-hybridized carbons (Fsp3) is 0.250. The molecule has 0 spiro atoms. The molecule has 1 aromatic carbocycles. The second-order valence-corrected chi connectivity index (χ2v) is 6.39. The van der Waals surface area contributed by atoms with Gasteiger partial charge in [-0.1, -0.05) is 11.6 Å². The Labute approximate surface area is 122 Å². The van der Waals surface area contributed by atoms with Crippen LogP contribution >= 0.6 is 11.6 Å². The normalized spacial score (nSPS) is 11.7. The summed E-state index contributed by atoms with van der Waals surface area (Å²) in [5.41, 5.74) is 1.50. The molecule has 1 heterocycles. The van der Waals surface area contributed by atoms with E-state index >= 15 is 0 Å². The number of nitrogens with one attached hydrogen (secondary N) is 3. The minimum Gasteiger partial charge on any atom is -0.316 e. The van der Waals surface area contributed by atoms with Crippen LogP contribution in [0.2, 0.25) is 5.02 Å². The molecule has 108 valence electrons. The summed E-state index contributed by atoms with van der Waals surface area (Å²) in [7, 11) is -1.80. The molecule has 6 nitrogen and oxygen atoms in total. The van der Waals surface area contributed by atoms with Gasteiger partial charge < -0.3 is 5.32 Å². The van der Waals surface area contributed by atoms with Crippen molar-refractivity contribution in [1.82, 2.24) is 20.2 Å². The molecule has 0 amide bonds. The van der Waals surface area contributed by atoms with Crippen LogP contribution < -0.4 is 10.0 Å². The highest BCUT2D eigenvalue weighted by Crippen LogP contribution is 2.20. The zero-order valence-corrected chi connectivity index (χ0v) is 12.4. The van der Waals surface area contributed by atoms with Gasteiger partial charge in [0, 0.05) is 29.9 Å². The molecule has 0 radical (unpaired) electrons. The van der Waals surface area contributed by atoms with Crippen LogP contribution in [0.5, 0.6) is 0 Å². The molecule has 0 saturated carbocycles. The molecule has 0 aliphatic carbocycles. The van der Waals surface area contributed by atoms with Crippen LogP contribution in [-0.4, -0.2) is 25.7 Å². The molecule has 0 fully saturated rings. The highest BCUT2D eigenvalue weighted by molar-refractivity contribution is 7.89. The van der Waals surface area contributed by atoms with E-state index in [0.717, 1.165) is 11.1 Å². The monoisotopic (exact) mass is 314 g/mol. The van der Waals surface area contributed by atoms with Crippen molar-refractivity contribution < 1.29 is 8.42 Å². The molecule has 3 N–H and O–H groups in total. The number of sulfonamides is 1. The molecule has 0 aliphatic rings. The van der Waals surface area contributed by atoms with Crippen LogP contribution in [0.4, 0.5) is 0 Å². The molecule has 8 heteroatoms.